The zero-order chi connectivity index (χ0) is 13.3. The van der Waals surface area contributed by atoms with E-state index in [2.05, 4.69) is 28.6 Å². The van der Waals surface area contributed by atoms with Crippen LogP contribution in [0.2, 0.25) is 0 Å². The molecule has 0 aromatic heterocycles. The number of carbonyl (C=O) groups is 2. The van der Waals surface area contributed by atoms with E-state index in [1.807, 2.05) is 0 Å². The monoisotopic (exact) mass is 329 g/mol. The number of hydrogen-bond donors (Lipinski definition) is 1. The van der Waals surface area contributed by atoms with Crippen LogP contribution in [0, 0.1) is 0 Å². The summed E-state index contributed by atoms with van der Waals surface area (Å²) >= 11 is 7.61. The predicted molar refractivity (Wildman–Crippen MR) is 75.2 cm³/mol. The number of nitrogens with zero attached hydrogens (tertiary/aromatic N) is 1. The molecular formula is C12H12BrNO3S. The molecule has 0 N–H and O–H groups in total. The molecule has 6 heteroatoms. The summed E-state index contributed by atoms with van der Waals surface area (Å²) in [6.45, 7) is 0.508. The van der Waals surface area contributed by atoms with Gasteiger partial charge in [0.25, 0.3) is 0 Å². The molecule has 4 nitrogen and oxygen atoms in total. The number of esters is 1. The number of methoxy groups -OCH3 is 1. The summed E-state index contributed by atoms with van der Waals surface area (Å²) in [6, 6.07) is 5.18. The van der Waals surface area contributed by atoms with Crippen molar-refractivity contribution >= 4 is 46.1 Å². The number of amides is 1. The number of ether oxygens (including phenoxy) is 1. The molecule has 96 valence electrons. The smallest absolute Gasteiger partial charge is 0.340 e. The second-order valence-electron chi connectivity index (χ2n) is 4.02. The minimum Gasteiger partial charge on any atom is -0.465 e. The van der Waals surface area contributed by atoms with E-state index in [0.29, 0.717) is 24.2 Å². The number of hydrogen-bond acceptors (Lipinski definition) is 4. The zero-order valence-electron chi connectivity index (χ0n) is 9.72. The molecule has 0 saturated carbocycles. The Morgan fingerprint density at radius 2 is 2.28 bits per heavy atom. The highest BCUT2D eigenvalue weighted by Gasteiger charge is 2.31. The first kappa shape index (κ1) is 13.4. The highest BCUT2D eigenvalue weighted by atomic mass is 79.9. The maximum atomic E-state index is 11.8. The largest absolute Gasteiger partial charge is 0.465 e. The summed E-state index contributed by atoms with van der Waals surface area (Å²) in [4.78, 5) is 25.2. The lowest BCUT2D eigenvalue weighted by Gasteiger charge is -2.19. The summed E-state index contributed by atoms with van der Waals surface area (Å²) in [6.07, 6.45) is 0.389. The Labute approximate surface area is 119 Å². The van der Waals surface area contributed by atoms with Crippen molar-refractivity contribution in [3.8, 4) is 0 Å². The minimum atomic E-state index is -0.457. The average molecular weight is 330 g/mol. The number of carbonyl (C=O) groups excluding carboxylic acids is 2. The van der Waals surface area contributed by atoms with Crippen LogP contribution in [-0.2, 0) is 9.53 Å². The molecule has 0 radical (unpaired) electrons. The summed E-state index contributed by atoms with van der Waals surface area (Å²) < 4.78 is 5.50. The van der Waals surface area contributed by atoms with Gasteiger partial charge in [-0.3, -0.25) is 4.79 Å². The molecule has 0 spiro atoms. The van der Waals surface area contributed by atoms with E-state index >= 15 is 0 Å². The molecule has 1 aliphatic rings. The molecule has 0 aliphatic carbocycles. The van der Waals surface area contributed by atoms with Gasteiger partial charge in [0.1, 0.15) is 0 Å². The maximum absolute atomic E-state index is 11.8. The molecule has 18 heavy (non-hydrogen) atoms. The quantitative estimate of drug-likeness (QED) is 0.668. The molecule has 1 heterocycles. The van der Waals surface area contributed by atoms with Crippen molar-refractivity contribution < 1.29 is 14.3 Å². The number of anilines is 1. The van der Waals surface area contributed by atoms with Crippen molar-refractivity contribution in [1.82, 2.24) is 0 Å². The van der Waals surface area contributed by atoms with Gasteiger partial charge < -0.3 is 9.64 Å². The molecular weight excluding hydrogens is 318 g/mol. The van der Waals surface area contributed by atoms with Gasteiger partial charge in [-0.25, -0.2) is 4.79 Å². The van der Waals surface area contributed by atoms with Gasteiger partial charge in [-0.05, 0) is 18.2 Å². The van der Waals surface area contributed by atoms with E-state index in [4.69, 9.17) is 4.74 Å². The van der Waals surface area contributed by atoms with Crippen molar-refractivity contribution in [3.05, 3.63) is 28.2 Å². The fourth-order valence-corrected chi connectivity index (χ4v) is 2.62. The minimum absolute atomic E-state index is 0.00615. The number of benzene rings is 1. The van der Waals surface area contributed by atoms with Crippen LogP contribution in [0.5, 0.6) is 0 Å². The molecule has 1 amide bonds. The molecule has 1 aliphatic heterocycles. The molecule has 0 bridgehead atoms. The number of rotatable bonds is 2. The average Bonchev–Trinajstić information content (AvgIpc) is 2.67. The van der Waals surface area contributed by atoms with Crippen LogP contribution in [-0.4, -0.2) is 30.8 Å². The highest BCUT2D eigenvalue weighted by molar-refractivity contribution is 9.10. The third-order valence-corrected chi connectivity index (χ3v) is 3.60. The first-order chi connectivity index (χ1) is 8.52. The summed E-state index contributed by atoms with van der Waals surface area (Å²) in [5, 5.41) is 0.00615. The number of halogens is 1. The molecule has 1 fully saturated rings. The summed E-state index contributed by atoms with van der Waals surface area (Å²) in [7, 11) is 1.32. The normalized spacial score (nSPS) is 19.2. The van der Waals surface area contributed by atoms with Crippen molar-refractivity contribution in [2.45, 2.75) is 11.7 Å². The first-order valence-electron chi connectivity index (χ1n) is 5.39. The van der Waals surface area contributed by atoms with Crippen molar-refractivity contribution in [2.24, 2.45) is 0 Å². The van der Waals surface area contributed by atoms with E-state index in [1.54, 1.807) is 23.1 Å². The number of thiol groups is 1. The first-order valence-corrected chi connectivity index (χ1v) is 6.70. The Kier molecular flexibility index (Phi) is 3.97. The Balaban J connectivity index is 2.44. The SMILES string of the molecule is COC(=O)c1cc(Br)ccc1N1CC(S)CC1=O. The molecule has 1 aromatic rings. The molecule has 1 aromatic carbocycles. The van der Waals surface area contributed by atoms with E-state index < -0.39 is 5.97 Å². The van der Waals surface area contributed by atoms with Gasteiger partial charge in [-0.2, -0.15) is 12.6 Å². The predicted octanol–water partition coefficient (Wildman–Crippen LogP) is 2.27. The molecule has 2 rings (SSSR count). The standard InChI is InChI=1S/C12H12BrNO3S/c1-17-12(16)9-4-7(13)2-3-10(9)14-6-8(18)5-11(14)15/h2-4,8,18H,5-6H2,1H3. The van der Waals surface area contributed by atoms with Gasteiger partial charge >= 0.3 is 5.97 Å². The van der Waals surface area contributed by atoms with E-state index in [-0.39, 0.29) is 11.2 Å². The summed E-state index contributed by atoms with van der Waals surface area (Å²) in [5.74, 6) is -0.482. The lowest BCUT2D eigenvalue weighted by Crippen LogP contribution is -2.26. The summed E-state index contributed by atoms with van der Waals surface area (Å²) in [5.41, 5.74) is 0.953. The Bertz CT molecular complexity index is 506. The topological polar surface area (TPSA) is 46.6 Å². The van der Waals surface area contributed by atoms with Crippen LogP contribution in [0.25, 0.3) is 0 Å². The Morgan fingerprint density at radius 3 is 2.83 bits per heavy atom. The highest BCUT2D eigenvalue weighted by Crippen LogP contribution is 2.30. The second-order valence-corrected chi connectivity index (χ2v) is 5.66. The molecule has 1 saturated heterocycles. The van der Waals surface area contributed by atoms with Crippen LogP contribution in [0.3, 0.4) is 0 Å². The Hall–Kier alpha value is -1.01. The second kappa shape index (κ2) is 5.32. The van der Waals surface area contributed by atoms with Gasteiger partial charge in [0.2, 0.25) is 5.91 Å². The van der Waals surface area contributed by atoms with Crippen LogP contribution < -0.4 is 4.90 Å². The third-order valence-electron chi connectivity index (χ3n) is 2.76. The van der Waals surface area contributed by atoms with Gasteiger partial charge in [-0.1, -0.05) is 15.9 Å². The molecule has 1 atom stereocenters. The lowest BCUT2D eigenvalue weighted by atomic mass is 10.1. The van der Waals surface area contributed by atoms with Gasteiger partial charge in [-0.15, -0.1) is 0 Å². The van der Waals surface area contributed by atoms with E-state index in [9.17, 15) is 9.59 Å². The molecule has 1 unspecified atom stereocenters. The van der Waals surface area contributed by atoms with Gasteiger partial charge in [0.15, 0.2) is 0 Å². The van der Waals surface area contributed by atoms with Gasteiger partial charge in [0, 0.05) is 22.7 Å². The maximum Gasteiger partial charge on any atom is 0.340 e. The van der Waals surface area contributed by atoms with Crippen LogP contribution >= 0.6 is 28.6 Å². The van der Waals surface area contributed by atoms with Crippen molar-refractivity contribution in [2.75, 3.05) is 18.6 Å². The third kappa shape index (κ3) is 2.54. The zero-order valence-corrected chi connectivity index (χ0v) is 12.2. The van der Waals surface area contributed by atoms with Crippen LogP contribution in [0.1, 0.15) is 16.8 Å². The van der Waals surface area contributed by atoms with Crippen LogP contribution in [0.4, 0.5) is 5.69 Å². The van der Waals surface area contributed by atoms with E-state index in [1.165, 1.54) is 7.11 Å². The van der Waals surface area contributed by atoms with Gasteiger partial charge in [0.05, 0.1) is 18.4 Å². The van der Waals surface area contributed by atoms with E-state index in [0.717, 1.165) is 4.47 Å². The Morgan fingerprint density at radius 1 is 1.56 bits per heavy atom. The fourth-order valence-electron chi connectivity index (χ4n) is 1.94. The van der Waals surface area contributed by atoms with Crippen molar-refractivity contribution in [3.63, 3.8) is 0 Å². The van der Waals surface area contributed by atoms with Crippen LogP contribution in [0.15, 0.2) is 22.7 Å². The fraction of sp³-hybridized carbons (Fsp3) is 0.333. The lowest BCUT2D eigenvalue weighted by molar-refractivity contribution is -0.117. The van der Waals surface area contributed by atoms with Crippen molar-refractivity contribution in [1.29, 1.82) is 0 Å².